The average molecular weight is 172 g/mol. The van der Waals surface area contributed by atoms with Crippen LogP contribution in [0.5, 0.6) is 0 Å². The highest BCUT2D eigenvalue weighted by atomic mass is 16.1. The van der Waals surface area contributed by atoms with Gasteiger partial charge in [0.2, 0.25) is 5.91 Å². The van der Waals surface area contributed by atoms with Crippen LogP contribution in [-0.2, 0) is 4.79 Å². The SMILES string of the molecule is CCC(N)CC(=O)NCC(C)C. The number of hydrogen-bond acceptors (Lipinski definition) is 2. The van der Waals surface area contributed by atoms with E-state index in [4.69, 9.17) is 5.73 Å². The van der Waals surface area contributed by atoms with Gasteiger partial charge < -0.3 is 11.1 Å². The predicted molar refractivity (Wildman–Crippen MR) is 50.7 cm³/mol. The molecule has 72 valence electrons. The Hall–Kier alpha value is -0.570. The van der Waals surface area contributed by atoms with Gasteiger partial charge in [0.1, 0.15) is 0 Å². The van der Waals surface area contributed by atoms with Crippen LogP contribution in [0.2, 0.25) is 0 Å². The standard InChI is InChI=1S/C9H20N2O/c1-4-8(10)5-9(12)11-6-7(2)3/h7-8H,4-6,10H2,1-3H3,(H,11,12). The number of hydrogen-bond donors (Lipinski definition) is 2. The van der Waals surface area contributed by atoms with Gasteiger partial charge >= 0.3 is 0 Å². The van der Waals surface area contributed by atoms with Gasteiger partial charge in [-0.05, 0) is 12.3 Å². The molecule has 0 aliphatic heterocycles. The minimum absolute atomic E-state index is 0.0113. The van der Waals surface area contributed by atoms with Gasteiger partial charge in [-0.2, -0.15) is 0 Å². The van der Waals surface area contributed by atoms with E-state index in [1.54, 1.807) is 0 Å². The summed E-state index contributed by atoms with van der Waals surface area (Å²) in [6.07, 6.45) is 1.30. The van der Waals surface area contributed by atoms with Gasteiger partial charge in [0.15, 0.2) is 0 Å². The highest BCUT2D eigenvalue weighted by Crippen LogP contribution is 1.94. The van der Waals surface area contributed by atoms with Crippen molar-refractivity contribution >= 4 is 5.91 Å². The largest absolute Gasteiger partial charge is 0.356 e. The van der Waals surface area contributed by atoms with Gasteiger partial charge in [0.25, 0.3) is 0 Å². The van der Waals surface area contributed by atoms with Gasteiger partial charge in [-0.25, -0.2) is 0 Å². The van der Waals surface area contributed by atoms with Crippen LogP contribution >= 0.6 is 0 Å². The maximum atomic E-state index is 11.1. The Labute approximate surface area is 74.7 Å². The van der Waals surface area contributed by atoms with Crippen LogP contribution in [-0.4, -0.2) is 18.5 Å². The number of carbonyl (C=O) groups excluding carboxylic acids is 1. The molecular formula is C9H20N2O. The Balaban J connectivity index is 3.46. The summed E-state index contributed by atoms with van der Waals surface area (Å²) in [4.78, 5) is 11.1. The predicted octanol–water partition coefficient (Wildman–Crippen LogP) is 0.886. The number of nitrogens with one attached hydrogen (secondary N) is 1. The zero-order chi connectivity index (χ0) is 9.56. The summed E-state index contributed by atoms with van der Waals surface area (Å²) >= 11 is 0. The summed E-state index contributed by atoms with van der Waals surface area (Å²) in [6.45, 7) is 6.87. The molecule has 3 nitrogen and oxygen atoms in total. The Morgan fingerprint density at radius 1 is 1.50 bits per heavy atom. The smallest absolute Gasteiger partial charge is 0.221 e. The van der Waals surface area contributed by atoms with Crippen molar-refractivity contribution in [2.75, 3.05) is 6.54 Å². The van der Waals surface area contributed by atoms with E-state index in [9.17, 15) is 4.79 Å². The van der Waals surface area contributed by atoms with Crippen molar-refractivity contribution in [2.24, 2.45) is 11.7 Å². The third kappa shape index (κ3) is 6.16. The second-order valence-electron chi connectivity index (χ2n) is 3.57. The second kappa shape index (κ2) is 6.00. The fourth-order valence-electron chi connectivity index (χ4n) is 0.773. The molecule has 12 heavy (non-hydrogen) atoms. The van der Waals surface area contributed by atoms with E-state index in [1.165, 1.54) is 0 Å². The van der Waals surface area contributed by atoms with E-state index < -0.39 is 0 Å². The first-order valence-electron chi connectivity index (χ1n) is 4.58. The molecule has 0 aromatic rings. The van der Waals surface area contributed by atoms with E-state index in [0.29, 0.717) is 12.3 Å². The van der Waals surface area contributed by atoms with Crippen molar-refractivity contribution in [2.45, 2.75) is 39.7 Å². The van der Waals surface area contributed by atoms with Gasteiger partial charge in [-0.3, -0.25) is 4.79 Å². The molecule has 0 aromatic carbocycles. The van der Waals surface area contributed by atoms with Gasteiger partial charge in [-0.1, -0.05) is 20.8 Å². The third-order valence-electron chi connectivity index (χ3n) is 1.68. The zero-order valence-electron chi connectivity index (χ0n) is 8.26. The van der Waals surface area contributed by atoms with Crippen LogP contribution in [0.4, 0.5) is 0 Å². The van der Waals surface area contributed by atoms with Crippen LogP contribution in [0.15, 0.2) is 0 Å². The number of carbonyl (C=O) groups is 1. The lowest BCUT2D eigenvalue weighted by Gasteiger charge is -2.10. The second-order valence-corrected chi connectivity index (χ2v) is 3.57. The summed E-state index contributed by atoms with van der Waals surface area (Å²) in [5, 5.41) is 2.83. The Kier molecular flexibility index (Phi) is 5.72. The number of rotatable bonds is 5. The molecule has 0 aromatic heterocycles. The summed E-state index contributed by atoms with van der Waals surface area (Å²) in [7, 11) is 0. The molecule has 0 radical (unpaired) electrons. The normalized spacial score (nSPS) is 13.1. The minimum Gasteiger partial charge on any atom is -0.356 e. The van der Waals surface area contributed by atoms with Crippen LogP contribution in [0.3, 0.4) is 0 Å². The lowest BCUT2D eigenvalue weighted by molar-refractivity contribution is -0.121. The van der Waals surface area contributed by atoms with Crippen molar-refractivity contribution in [3.63, 3.8) is 0 Å². The highest BCUT2D eigenvalue weighted by Gasteiger charge is 2.06. The number of amides is 1. The zero-order valence-corrected chi connectivity index (χ0v) is 8.26. The summed E-state index contributed by atoms with van der Waals surface area (Å²) in [6, 6.07) is 0.0113. The Morgan fingerprint density at radius 3 is 2.50 bits per heavy atom. The molecule has 1 atom stereocenters. The molecule has 0 saturated carbocycles. The monoisotopic (exact) mass is 172 g/mol. The molecule has 0 rings (SSSR count). The molecule has 0 saturated heterocycles. The van der Waals surface area contributed by atoms with Gasteiger partial charge in [0, 0.05) is 19.0 Å². The summed E-state index contributed by atoms with van der Waals surface area (Å²) in [5.74, 6) is 0.574. The molecule has 1 unspecified atom stereocenters. The summed E-state index contributed by atoms with van der Waals surface area (Å²) < 4.78 is 0. The molecule has 0 bridgehead atoms. The van der Waals surface area contributed by atoms with Crippen LogP contribution < -0.4 is 11.1 Å². The van der Waals surface area contributed by atoms with E-state index in [1.807, 2.05) is 6.92 Å². The first-order chi connectivity index (χ1) is 5.56. The molecule has 3 N–H and O–H groups in total. The van der Waals surface area contributed by atoms with Crippen LogP contribution in [0, 0.1) is 5.92 Å². The molecule has 3 heteroatoms. The lowest BCUT2D eigenvalue weighted by atomic mass is 10.1. The first kappa shape index (κ1) is 11.4. The lowest BCUT2D eigenvalue weighted by Crippen LogP contribution is -2.33. The fraction of sp³-hybridized carbons (Fsp3) is 0.889. The molecule has 0 spiro atoms. The van der Waals surface area contributed by atoms with Gasteiger partial charge in [-0.15, -0.1) is 0 Å². The summed E-state index contributed by atoms with van der Waals surface area (Å²) in [5.41, 5.74) is 5.62. The molecular weight excluding hydrogens is 152 g/mol. The van der Waals surface area contributed by atoms with E-state index in [-0.39, 0.29) is 11.9 Å². The number of nitrogens with two attached hydrogens (primary N) is 1. The van der Waals surface area contributed by atoms with E-state index >= 15 is 0 Å². The van der Waals surface area contributed by atoms with Crippen molar-refractivity contribution in [3.8, 4) is 0 Å². The van der Waals surface area contributed by atoms with Crippen LogP contribution in [0.25, 0.3) is 0 Å². The van der Waals surface area contributed by atoms with Crippen molar-refractivity contribution in [1.82, 2.24) is 5.32 Å². The minimum atomic E-state index is 0.0113. The highest BCUT2D eigenvalue weighted by molar-refractivity contribution is 5.76. The first-order valence-corrected chi connectivity index (χ1v) is 4.58. The molecule has 0 aliphatic carbocycles. The quantitative estimate of drug-likeness (QED) is 0.647. The maximum absolute atomic E-state index is 11.1. The Morgan fingerprint density at radius 2 is 2.08 bits per heavy atom. The fourth-order valence-corrected chi connectivity index (χ4v) is 0.773. The molecule has 0 aliphatic rings. The van der Waals surface area contributed by atoms with Crippen LogP contribution in [0.1, 0.15) is 33.6 Å². The molecule has 1 amide bonds. The Bertz CT molecular complexity index is 134. The van der Waals surface area contributed by atoms with E-state index in [0.717, 1.165) is 13.0 Å². The van der Waals surface area contributed by atoms with Crippen molar-refractivity contribution in [3.05, 3.63) is 0 Å². The third-order valence-corrected chi connectivity index (χ3v) is 1.68. The van der Waals surface area contributed by atoms with Gasteiger partial charge in [0.05, 0.1) is 0 Å². The average Bonchev–Trinajstić information content (AvgIpc) is 2.00. The maximum Gasteiger partial charge on any atom is 0.221 e. The van der Waals surface area contributed by atoms with E-state index in [2.05, 4.69) is 19.2 Å². The molecule has 0 heterocycles. The topological polar surface area (TPSA) is 55.1 Å². The van der Waals surface area contributed by atoms with Crippen molar-refractivity contribution < 1.29 is 4.79 Å². The van der Waals surface area contributed by atoms with Crippen molar-refractivity contribution in [1.29, 1.82) is 0 Å². The molecule has 0 fully saturated rings.